The Labute approximate surface area is 115 Å². The zero-order valence-electron chi connectivity index (χ0n) is 11.4. The summed E-state index contributed by atoms with van der Waals surface area (Å²) in [5.41, 5.74) is 9.28. The number of benzene rings is 2. The van der Waals surface area contributed by atoms with Crippen LogP contribution in [0.5, 0.6) is 5.75 Å². The lowest BCUT2D eigenvalue weighted by Gasteiger charge is -2.08. The van der Waals surface area contributed by atoms with Crippen LogP contribution in [0.2, 0.25) is 0 Å². The minimum atomic E-state index is 0.612. The molecule has 2 aromatic rings. The maximum Gasteiger partial charge on any atom is 0.120 e. The quantitative estimate of drug-likeness (QED) is 0.858. The van der Waals surface area contributed by atoms with Gasteiger partial charge in [-0.1, -0.05) is 42.0 Å². The van der Waals surface area contributed by atoms with E-state index in [1.165, 1.54) is 16.7 Å². The fourth-order valence-corrected chi connectivity index (χ4v) is 1.95. The van der Waals surface area contributed by atoms with Crippen LogP contribution in [0.15, 0.2) is 48.5 Å². The van der Waals surface area contributed by atoms with Crippen molar-refractivity contribution >= 4 is 0 Å². The van der Waals surface area contributed by atoms with E-state index in [9.17, 15) is 0 Å². The summed E-state index contributed by atoms with van der Waals surface area (Å²) in [6.07, 6.45) is 2.03. The first kappa shape index (κ1) is 13.6. The second-order valence-electron chi connectivity index (χ2n) is 4.81. The molecule has 2 heteroatoms. The molecule has 0 radical (unpaired) electrons. The van der Waals surface area contributed by atoms with Crippen LogP contribution >= 0.6 is 0 Å². The number of aryl methyl sites for hydroxylation is 2. The van der Waals surface area contributed by atoms with E-state index < -0.39 is 0 Å². The summed E-state index contributed by atoms with van der Waals surface area (Å²) in [4.78, 5) is 0. The van der Waals surface area contributed by atoms with Crippen LogP contribution in [0.4, 0.5) is 0 Å². The first-order valence-corrected chi connectivity index (χ1v) is 6.75. The number of nitrogens with two attached hydrogens (primary N) is 1. The molecule has 0 aliphatic carbocycles. The Morgan fingerprint density at radius 3 is 2.53 bits per heavy atom. The number of hydrogen-bond acceptors (Lipinski definition) is 2. The topological polar surface area (TPSA) is 35.2 Å². The maximum atomic E-state index is 5.82. The lowest BCUT2D eigenvalue weighted by atomic mass is 10.1. The molecule has 0 spiro atoms. The molecule has 0 heterocycles. The van der Waals surface area contributed by atoms with Gasteiger partial charge in [0.1, 0.15) is 12.4 Å². The van der Waals surface area contributed by atoms with Crippen molar-refractivity contribution in [2.45, 2.75) is 26.4 Å². The molecule has 2 aromatic carbocycles. The average Bonchev–Trinajstić information content (AvgIpc) is 2.45. The first-order chi connectivity index (χ1) is 9.28. The van der Waals surface area contributed by atoms with Crippen molar-refractivity contribution in [3.05, 3.63) is 65.2 Å². The van der Waals surface area contributed by atoms with Gasteiger partial charge >= 0.3 is 0 Å². The zero-order chi connectivity index (χ0) is 13.5. The molecule has 2 rings (SSSR count). The molecule has 2 N–H and O–H groups in total. The second-order valence-corrected chi connectivity index (χ2v) is 4.81. The lowest BCUT2D eigenvalue weighted by molar-refractivity contribution is 0.306. The summed E-state index contributed by atoms with van der Waals surface area (Å²) in [5.74, 6) is 0.926. The summed E-state index contributed by atoms with van der Waals surface area (Å²) in [5, 5.41) is 0. The van der Waals surface area contributed by atoms with Crippen molar-refractivity contribution in [1.82, 2.24) is 0 Å². The minimum absolute atomic E-state index is 0.612. The van der Waals surface area contributed by atoms with E-state index in [1.807, 2.05) is 12.1 Å². The van der Waals surface area contributed by atoms with E-state index in [0.29, 0.717) is 6.61 Å². The van der Waals surface area contributed by atoms with Crippen molar-refractivity contribution < 1.29 is 4.74 Å². The number of rotatable bonds is 6. The zero-order valence-corrected chi connectivity index (χ0v) is 11.4. The van der Waals surface area contributed by atoms with Crippen LogP contribution in [0, 0.1) is 6.92 Å². The summed E-state index contributed by atoms with van der Waals surface area (Å²) in [6.45, 7) is 3.43. The number of ether oxygens (including phenoxy) is 1. The van der Waals surface area contributed by atoms with Crippen LogP contribution in [0.25, 0.3) is 0 Å². The number of hydrogen-bond donors (Lipinski definition) is 1. The standard InChI is InChI=1S/C17H21NO/c1-14-7-9-16(10-8-14)13-19-17-6-2-4-15(12-17)5-3-11-18/h2,4,6-10,12H,3,5,11,13,18H2,1H3. The van der Waals surface area contributed by atoms with Gasteiger partial charge in [-0.2, -0.15) is 0 Å². The molecule has 0 amide bonds. The largest absolute Gasteiger partial charge is 0.489 e. The summed E-state index contributed by atoms with van der Waals surface area (Å²) in [6, 6.07) is 16.7. The average molecular weight is 255 g/mol. The van der Waals surface area contributed by atoms with Crippen LogP contribution in [-0.2, 0) is 13.0 Å². The van der Waals surface area contributed by atoms with Crippen LogP contribution in [0.3, 0.4) is 0 Å². The Bertz CT molecular complexity index is 505. The monoisotopic (exact) mass is 255 g/mol. The van der Waals surface area contributed by atoms with Crippen LogP contribution in [0.1, 0.15) is 23.1 Å². The molecule has 19 heavy (non-hydrogen) atoms. The highest BCUT2D eigenvalue weighted by molar-refractivity contribution is 5.29. The lowest BCUT2D eigenvalue weighted by Crippen LogP contribution is -2.00. The van der Waals surface area contributed by atoms with Gasteiger partial charge in [0.05, 0.1) is 0 Å². The fourth-order valence-electron chi connectivity index (χ4n) is 1.95. The van der Waals surface area contributed by atoms with Gasteiger partial charge in [-0.05, 0) is 49.6 Å². The Balaban J connectivity index is 1.93. The molecule has 0 aliphatic heterocycles. The van der Waals surface area contributed by atoms with Gasteiger partial charge in [0.25, 0.3) is 0 Å². The molecule has 100 valence electrons. The van der Waals surface area contributed by atoms with Crippen molar-refractivity contribution in [2.24, 2.45) is 5.73 Å². The molecular formula is C17H21NO. The van der Waals surface area contributed by atoms with Gasteiger partial charge in [-0.15, -0.1) is 0 Å². The molecule has 0 bridgehead atoms. The van der Waals surface area contributed by atoms with Gasteiger partial charge in [-0.3, -0.25) is 0 Å². The fraction of sp³-hybridized carbons (Fsp3) is 0.294. The highest BCUT2D eigenvalue weighted by atomic mass is 16.5. The Morgan fingerprint density at radius 2 is 1.79 bits per heavy atom. The van der Waals surface area contributed by atoms with Gasteiger partial charge in [0, 0.05) is 0 Å². The van der Waals surface area contributed by atoms with Crippen molar-refractivity contribution in [1.29, 1.82) is 0 Å². The van der Waals surface area contributed by atoms with Gasteiger partial charge in [0.15, 0.2) is 0 Å². The molecule has 0 aliphatic rings. The van der Waals surface area contributed by atoms with Crippen molar-refractivity contribution in [2.75, 3.05) is 6.54 Å². The molecule has 2 nitrogen and oxygen atoms in total. The highest BCUT2D eigenvalue weighted by Gasteiger charge is 1.98. The molecule has 0 unspecified atom stereocenters. The maximum absolute atomic E-state index is 5.82. The predicted molar refractivity (Wildman–Crippen MR) is 79.3 cm³/mol. The van der Waals surface area contributed by atoms with E-state index >= 15 is 0 Å². The normalized spacial score (nSPS) is 10.4. The third kappa shape index (κ3) is 4.42. The van der Waals surface area contributed by atoms with E-state index in [0.717, 1.165) is 25.1 Å². The van der Waals surface area contributed by atoms with E-state index in [2.05, 4.69) is 43.3 Å². The van der Waals surface area contributed by atoms with Gasteiger partial charge in [-0.25, -0.2) is 0 Å². The first-order valence-electron chi connectivity index (χ1n) is 6.75. The molecule has 0 aromatic heterocycles. The predicted octanol–water partition coefficient (Wildman–Crippen LogP) is 3.47. The smallest absolute Gasteiger partial charge is 0.120 e. The Hall–Kier alpha value is -1.80. The molecule has 0 saturated heterocycles. The molecular weight excluding hydrogens is 234 g/mol. The Kier molecular flexibility index (Phi) is 4.99. The van der Waals surface area contributed by atoms with Crippen LogP contribution < -0.4 is 10.5 Å². The molecule has 0 fully saturated rings. The van der Waals surface area contributed by atoms with Crippen LogP contribution in [-0.4, -0.2) is 6.54 Å². The molecule has 0 saturated carbocycles. The Morgan fingerprint density at radius 1 is 1.00 bits per heavy atom. The third-order valence-corrected chi connectivity index (χ3v) is 3.09. The van der Waals surface area contributed by atoms with E-state index in [1.54, 1.807) is 0 Å². The minimum Gasteiger partial charge on any atom is -0.489 e. The van der Waals surface area contributed by atoms with Crippen molar-refractivity contribution in [3.8, 4) is 5.75 Å². The SMILES string of the molecule is Cc1ccc(COc2cccc(CCCN)c2)cc1. The van der Waals surface area contributed by atoms with Gasteiger partial charge in [0.2, 0.25) is 0 Å². The second kappa shape index (κ2) is 6.95. The summed E-state index contributed by atoms with van der Waals surface area (Å²) < 4.78 is 5.82. The summed E-state index contributed by atoms with van der Waals surface area (Å²) >= 11 is 0. The third-order valence-electron chi connectivity index (χ3n) is 3.09. The summed E-state index contributed by atoms with van der Waals surface area (Å²) in [7, 11) is 0. The molecule has 0 atom stereocenters. The van der Waals surface area contributed by atoms with E-state index in [4.69, 9.17) is 10.5 Å². The highest BCUT2D eigenvalue weighted by Crippen LogP contribution is 2.16. The van der Waals surface area contributed by atoms with Gasteiger partial charge < -0.3 is 10.5 Å². The van der Waals surface area contributed by atoms with E-state index in [-0.39, 0.29) is 0 Å². The van der Waals surface area contributed by atoms with Crippen molar-refractivity contribution in [3.63, 3.8) is 0 Å².